The quantitative estimate of drug-likeness (QED) is 0.373. The van der Waals surface area contributed by atoms with Crippen LogP contribution in [0.3, 0.4) is 0 Å². The van der Waals surface area contributed by atoms with E-state index in [9.17, 15) is 19.5 Å². The fraction of sp³-hybridized carbons (Fsp3) is 0.0435. The maximum atomic E-state index is 13.2. The molecule has 0 atom stereocenters. The number of hydrogen-bond donors (Lipinski definition) is 2. The number of thiocarbonyl (C=S) groups is 1. The Morgan fingerprint density at radius 2 is 1.81 bits per heavy atom. The lowest BCUT2D eigenvalue weighted by Crippen LogP contribution is -2.54. The fourth-order valence-corrected chi connectivity index (χ4v) is 3.71. The molecule has 154 valence electrons. The van der Waals surface area contributed by atoms with E-state index in [2.05, 4.69) is 5.32 Å². The Balaban J connectivity index is 1.82. The number of carboxylic acid groups (broad SMARTS) is 1. The van der Waals surface area contributed by atoms with Crippen LogP contribution in [0.15, 0.2) is 66.2 Å². The van der Waals surface area contributed by atoms with Crippen molar-refractivity contribution in [2.24, 2.45) is 0 Å². The molecule has 0 aromatic heterocycles. The Morgan fingerprint density at radius 3 is 2.52 bits per heavy atom. The minimum absolute atomic E-state index is 0.00308. The number of fused-ring (bicyclic) bond motifs is 1. The largest absolute Gasteiger partial charge is 0.496 e. The molecule has 1 aliphatic heterocycles. The first-order valence-electron chi connectivity index (χ1n) is 9.21. The van der Waals surface area contributed by atoms with Gasteiger partial charge in [0.25, 0.3) is 11.8 Å². The second kappa shape index (κ2) is 8.00. The molecule has 0 bridgehead atoms. The summed E-state index contributed by atoms with van der Waals surface area (Å²) in [6, 6.07) is 16.8. The maximum absolute atomic E-state index is 13.2. The number of carbonyl (C=O) groups is 3. The van der Waals surface area contributed by atoms with Crippen molar-refractivity contribution >= 4 is 57.6 Å². The lowest BCUT2D eigenvalue weighted by molar-refractivity contribution is -0.122. The Labute approximate surface area is 182 Å². The van der Waals surface area contributed by atoms with Gasteiger partial charge in [0, 0.05) is 5.39 Å². The van der Waals surface area contributed by atoms with Gasteiger partial charge < -0.3 is 9.84 Å². The van der Waals surface area contributed by atoms with Gasteiger partial charge in [-0.25, -0.2) is 4.79 Å². The number of amides is 2. The smallest absolute Gasteiger partial charge is 0.335 e. The van der Waals surface area contributed by atoms with Crippen LogP contribution in [0, 0.1) is 0 Å². The molecule has 0 radical (unpaired) electrons. The van der Waals surface area contributed by atoms with Crippen LogP contribution in [0.5, 0.6) is 5.75 Å². The van der Waals surface area contributed by atoms with E-state index in [-0.39, 0.29) is 21.9 Å². The molecule has 2 amide bonds. The summed E-state index contributed by atoms with van der Waals surface area (Å²) in [4.78, 5) is 38.2. The van der Waals surface area contributed by atoms with Gasteiger partial charge in [-0.3, -0.25) is 19.8 Å². The summed E-state index contributed by atoms with van der Waals surface area (Å²) in [6.07, 6.45) is 1.50. The van der Waals surface area contributed by atoms with Gasteiger partial charge in [-0.1, -0.05) is 36.4 Å². The molecular weight excluding hydrogens is 416 g/mol. The van der Waals surface area contributed by atoms with Gasteiger partial charge in [-0.15, -0.1) is 0 Å². The van der Waals surface area contributed by atoms with E-state index in [1.54, 1.807) is 25.3 Å². The predicted molar refractivity (Wildman–Crippen MR) is 120 cm³/mol. The third-order valence-electron chi connectivity index (χ3n) is 4.89. The molecule has 0 saturated carbocycles. The van der Waals surface area contributed by atoms with Gasteiger partial charge in [0.1, 0.15) is 11.3 Å². The Kier molecular flexibility index (Phi) is 5.22. The molecule has 3 aromatic carbocycles. The van der Waals surface area contributed by atoms with Crippen molar-refractivity contribution in [1.82, 2.24) is 5.32 Å². The second-order valence-electron chi connectivity index (χ2n) is 6.72. The van der Waals surface area contributed by atoms with Crippen LogP contribution in [0.2, 0.25) is 0 Å². The van der Waals surface area contributed by atoms with Gasteiger partial charge in [0.05, 0.1) is 18.4 Å². The first kappa shape index (κ1) is 20.2. The van der Waals surface area contributed by atoms with Crippen molar-refractivity contribution in [2.75, 3.05) is 12.0 Å². The normalized spacial score (nSPS) is 15.3. The summed E-state index contributed by atoms with van der Waals surface area (Å²) >= 11 is 5.18. The third-order valence-corrected chi connectivity index (χ3v) is 5.18. The minimum Gasteiger partial charge on any atom is -0.496 e. The average molecular weight is 432 g/mol. The first-order valence-corrected chi connectivity index (χ1v) is 9.62. The lowest BCUT2D eigenvalue weighted by atomic mass is 10.00. The second-order valence-corrected chi connectivity index (χ2v) is 7.10. The summed E-state index contributed by atoms with van der Waals surface area (Å²) in [5.74, 6) is -1.73. The molecule has 0 unspecified atom stereocenters. The van der Waals surface area contributed by atoms with Crippen LogP contribution in [0.4, 0.5) is 5.69 Å². The number of nitrogens with zero attached hydrogens (tertiary/aromatic N) is 1. The van der Waals surface area contributed by atoms with Crippen molar-refractivity contribution in [3.63, 3.8) is 0 Å². The van der Waals surface area contributed by atoms with Gasteiger partial charge in [0.15, 0.2) is 5.11 Å². The van der Waals surface area contributed by atoms with Crippen LogP contribution >= 0.6 is 12.2 Å². The van der Waals surface area contributed by atoms with Gasteiger partial charge in [-0.2, -0.15) is 0 Å². The van der Waals surface area contributed by atoms with Gasteiger partial charge in [0.2, 0.25) is 0 Å². The van der Waals surface area contributed by atoms with E-state index < -0.39 is 17.8 Å². The van der Waals surface area contributed by atoms with Gasteiger partial charge in [-0.05, 0) is 53.5 Å². The zero-order chi connectivity index (χ0) is 22.1. The number of carboxylic acids is 1. The third kappa shape index (κ3) is 3.64. The van der Waals surface area contributed by atoms with Crippen molar-refractivity contribution in [2.45, 2.75) is 0 Å². The Hall–Kier alpha value is -4.04. The number of carbonyl (C=O) groups excluding carboxylic acids is 2. The molecule has 4 rings (SSSR count). The molecule has 1 aliphatic rings. The van der Waals surface area contributed by atoms with Crippen LogP contribution in [0.1, 0.15) is 15.9 Å². The topological polar surface area (TPSA) is 95.9 Å². The predicted octanol–water partition coefficient (Wildman–Crippen LogP) is 3.38. The molecule has 1 fully saturated rings. The van der Waals surface area contributed by atoms with Crippen molar-refractivity contribution in [3.8, 4) is 5.75 Å². The van der Waals surface area contributed by atoms with Crippen molar-refractivity contribution in [1.29, 1.82) is 0 Å². The number of methoxy groups -OCH3 is 1. The van der Waals surface area contributed by atoms with Crippen molar-refractivity contribution in [3.05, 3.63) is 77.4 Å². The van der Waals surface area contributed by atoms with E-state index in [0.29, 0.717) is 11.3 Å². The number of aromatic carboxylic acids is 1. The number of benzene rings is 3. The van der Waals surface area contributed by atoms with E-state index in [0.717, 1.165) is 15.7 Å². The molecule has 3 aromatic rings. The molecule has 1 saturated heterocycles. The molecule has 0 spiro atoms. The van der Waals surface area contributed by atoms with E-state index in [1.807, 2.05) is 24.3 Å². The summed E-state index contributed by atoms with van der Waals surface area (Å²) < 4.78 is 5.39. The zero-order valence-electron chi connectivity index (χ0n) is 16.3. The summed E-state index contributed by atoms with van der Waals surface area (Å²) in [7, 11) is 1.57. The number of rotatable bonds is 4. The highest BCUT2D eigenvalue weighted by molar-refractivity contribution is 7.80. The van der Waals surface area contributed by atoms with Crippen LogP contribution in [0.25, 0.3) is 16.8 Å². The average Bonchev–Trinajstić information content (AvgIpc) is 2.76. The van der Waals surface area contributed by atoms with Gasteiger partial charge >= 0.3 is 5.97 Å². The highest BCUT2D eigenvalue weighted by Crippen LogP contribution is 2.30. The molecule has 31 heavy (non-hydrogen) atoms. The SMILES string of the molecule is COc1ccc(C=C2C(=O)NC(=S)N(c3cccc(C(=O)O)c3)C2=O)c2ccccc12. The van der Waals surface area contributed by atoms with E-state index in [1.165, 1.54) is 24.3 Å². The number of nitrogens with one attached hydrogen (secondary N) is 1. The van der Waals surface area contributed by atoms with Crippen LogP contribution in [-0.2, 0) is 9.59 Å². The summed E-state index contributed by atoms with van der Waals surface area (Å²) in [5.41, 5.74) is 0.781. The number of anilines is 1. The molecule has 2 N–H and O–H groups in total. The number of ether oxygens (including phenoxy) is 1. The minimum atomic E-state index is -1.14. The standard InChI is InChI=1S/C23H16N2O5S/c1-30-19-10-9-13(16-7-2-3-8-17(16)19)12-18-20(26)24-23(31)25(21(18)27)15-6-4-5-14(11-15)22(28)29/h2-12H,1H3,(H,28,29)(H,24,26,31). The monoisotopic (exact) mass is 432 g/mol. The first-order chi connectivity index (χ1) is 14.9. The van der Waals surface area contributed by atoms with Crippen molar-refractivity contribution < 1.29 is 24.2 Å². The Morgan fingerprint density at radius 1 is 1.06 bits per heavy atom. The van der Waals surface area contributed by atoms with Crippen LogP contribution < -0.4 is 15.0 Å². The summed E-state index contributed by atoms with van der Waals surface area (Å²) in [5, 5.41) is 13.3. The molecule has 1 heterocycles. The number of hydrogen-bond acceptors (Lipinski definition) is 5. The molecule has 0 aliphatic carbocycles. The van der Waals surface area contributed by atoms with E-state index >= 15 is 0 Å². The highest BCUT2D eigenvalue weighted by Gasteiger charge is 2.34. The molecule has 8 heteroatoms. The Bertz CT molecular complexity index is 1300. The zero-order valence-corrected chi connectivity index (χ0v) is 17.1. The summed E-state index contributed by atoms with van der Waals surface area (Å²) in [6.45, 7) is 0. The lowest BCUT2D eigenvalue weighted by Gasteiger charge is -2.29. The maximum Gasteiger partial charge on any atom is 0.335 e. The van der Waals surface area contributed by atoms with E-state index in [4.69, 9.17) is 17.0 Å². The van der Waals surface area contributed by atoms with Crippen LogP contribution in [-0.4, -0.2) is 35.1 Å². The highest BCUT2D eigenvalue weighted by atomic mass is 32.1. The molecular formula is C23H16N2O5S. The fourth-order valence-electron chi connectivity index (χ4n) is 3.42. The molecule has 7 nitrogen and oxygen atoms in total.